The molecule has 1 atom stereocenters. The minimum Gasteiger partial charge on any atom is -0.469 e. The number of ether oxygens (including phenoxy) is 1. The largest absolute Gasteiger partial charge is 0.469 e. The lowest BCUT2D eigenvalue weighted by Crippen LogP contribution is -2.35. The standard InChI is InChI=1S/C16H22N4O3/c1-9(2)20-15-12(8-17-20)7-13(11(4)19-15)16(22)18-10(3)6-14(21)23-5/h7-10H,6H2,1-5H3,(H,18,22). The fraction of sp³-hybridized carbons (Fsp3) is 0.500. The van der Waals surface area contributed by atoms with Gasteiger partial charge in [0.05, 0.1) is 31.0 Å². The molecule has 2 heterocycles. The fourth-order valence-electron chi connectivity index (χ4n) is 2.36. The second kappa shape index (κ2) is 6.76. The summed E-state index contributed by atoms with van der Waals surface area (Å²) >= 11 is 0. The summed E-state index contributed by atoms with van der Waals surface area (Å²) in [5.74, 6) is -0.619. The van der Waals surface area contributed by atoms with Crippen molar-refractivity contribution in [2.75, 3.05) is 7.11 Å². The summed E-state index contributed by atoms with van der Waals surface area (Å²) in [4.78, 5) is 28.2. The molecule has 0 radical (unpaired) electrons. The highest BCUT2D eigenvalue weighted by atomic mass is 16.5. The van der Waals surface area contributed by atoms with Crippen LogP contribution in [-0.2, 0) is 9.53 Å². The number of pyridine rings is 1. The van der Waals surface area contributed by atoms with Crippen LogP contribution in [0.15, 0.2) is 12.3 Å². The monoisotopic (exact) mass is 318 g/mol. The van der Waals surface area contributed by atoms with Crippen molar-refractivity contribution in [2.24, 2.45) is 0 Å². The van der Waals surface area contributed by atoms with Crippen molar-refractivity contribution in [2.45, 2.75) is 46.2 Å². The predicted molar refractivity (Wildman–Crippen MR) is 86.2 cm³/mol. The molecule has 0 saturated heterocycles. The molecular formula is C16H22N4O3. The van der Waals surface area contributed by atoms with Crippen molar-refractivity contribution < 1.29 is 14.3 Å². The number of esters is 1. The van der Waals surface area contributed by atoms with Gasteiger partial charge in [0.1, 0.15) is 0 Å². The molecule has 0 aromatic carbocycles. The third-order valence-electron chi connectivity index (χ3n) is 3.57. The maximum atomic E-state index is 12.4. The van der Waals surface area contributed by atoms with Gasteiger partial charge in [-0.3, -0.25) is 9.59 Å². The molecule has 0 saturated carbocycles. The molecule has 0 fully saturated rings. The van der Waals surface area contributed by atoms with Crippen molar-refractivity contribution in [1.82, 2.24) is 20.1 Å². The summed E-state index contributed by atoms with van der Waals surface area (Å²) in [6, 6.07) is 1.66. The predicted octanol–water partition coefficient (Wildman–Crippen LogP) is 2.00. The number of methoxy groups -OCH3 is 1. The molecule has 0 aliphatic carbocycles. The van der Waals surface area contributed by atoms with Crippen LogP contribution >= 0.6 is 0 Å². The molecule has 2 aromatic rings. The van der Waals surface area contributed by atoms with Crippen LogP contribution in [0.1, 0.15) is 49.3 Å². The summed E-state index contributed by atoms with van der Waals surface area (Å²) in [7, 11) is 1.32. The van der Waals surface area contributed by atoms with Crippen LogP contribution in [0.2, 0.25) is 0 Å². The fourth-order valence-corrected chi connectivity index (χ4v) is 2.36. The van der Waals surface area contributed by atoms with Crippen molar-refractivity contribution >= 4 is 22.9 Å². The van der Waals surface area contributed by atoms with Gasteiger partial charge in [0.15, 0.2) is 5.65 Å². The number of amides is 1. The first kappa shape index (κ1) is 16.9. The molecule has 124 valence electrons. The molecule has 0 bridgehead atoms. The average molecular weight is 318 g/mol. The molecule has 23 heavy (non-hydrogen) atoms. The van der Waals surface area contributed by atoms with Crippen LogP contribution in [0.5, 0.6) is 0 Å². The Morgan fingerprint density at radius 2 is 2.04 bits per heavy atom. The second-order valence-corrected chi connectivity index (χ2v) is 5.87. The number of nitrogens with zero attached hydrogens (tertiary/aromatic N) is 3. The molecule has 0 aliphatic heterocycles. The average Bonchev–Trinajstić information content (AvgIpc) is 2.88. The highest BCUT2D eigenvalue weighted by Crippen LogP contribution is 2.19. The molecule has 2 aromatic heterocycles. The van der Waals surface area contributed by atoms with Gasteiger partial charge in [0, 0.05) is 17.5 Å². The van der Waals surface area contributed by atoms with Crippen LogP contribution in [-0.4, -0.2) is 39.8 Å². The van der Waals surface area contributed by atoms with Gasteiger partial charge in [-0.2, -0.15) is 5.10 Å². The topological polar surface area (TPSA) is 86.1 Å². The van der Waals surface area contributed by atoms with Gasteiger partial charge in [-0.15, -0.1) is 0 Å². The van der Waals surface area contributed by atoms with Crippen LogP contribution in [0.3, 0.4) is 0 Å². The van der Waals surface area contributed by atoms with E-state index >= 15 is 0 Å². The SMILES string of the molecule is COC(=O)CC(C)NC(=O)c1cc2cnn(C(C)C)c2nc1C. The van der Waals surface area contributed by atoms with E-state index in [1.165, 1.54) is 7.11 Å². The number of hydrogen-bond acceptors (Lipinski definition) is 5. The van der Waals surface area contributed by atoms with Crippen LogP contribution in [0.25, 0.3) is 11.0 Å². The Morgan fingerprint density at radius 1 is 1.35 bits per heavy atom. The number of hydrogen-bond donors (Lipinski definition) is 1. The van der Waals surface area contributed by atoms with Crippen molar-refractivity contribution in [3.63, 3.8) is 0 Å². The third kappa shape index (κ3) is 3.67. The Hall–Kier alpha value is -2.44. The van der Waals surface area contributed by atoms with Crippen molar-refractivity contribution in [3.05, 3.63) is 23.5 Å². The first-order valence-electron chi connectivity index (χ1n) is 7.56. The minimum absolute atomic E-state index is 0.127. The Bertz CT molecular complexity index is 736. The molecule has 1 amide bonds. The maximum Gasteiger partial charge on any atom is 0.307 e. The van der Waals surface area contributed by atoms with Crippen LogP contribution in [0.4, 0.5) is 0 Å². The maximum absolute atomic E-state index is 12.4. The zero-order valence-electron chi connectivity index (χ0n) is 14.1. The van der Waals surface area contributed by atoms with Crippen molar-refractivity contribution in [1.29, 1.82) is 0 Å². The Labute approximate surface area is 135 Å². The number of fused-ring (bicyclic) bond motifs is 1. The molecule has 7 heteroatoms. The highest BCUT2D eigenvalue weighted by Gasteiger charge is 2.18. The van der Waals surface area contributed by atoms with E-state index in [9.17, 15) is 9.59 Å². The molecule has 2 rings (SSSR count). The van der Waals surface area contributed by atoms with E-state index in [2.05, 4.69) is 20.1 Å². The van der Waals surface area contributed by atoms with Gasteiger partial charge in [-0.05, 0) is 33.8 Å². The van der Waals surface area contributed by atoms with E-state index in [0.717, 1.165) is 11.0 Å². The molecule has 0 aliphatic rings. The highest BCUT2D eigenvalue weighted by molar-refractivity contribution is 5.98. The molecule has 1 N–H and O–H groups in total. The summed E-state index contributed by atoms with van der Waals surface area (Å²) in [5.41, 5.74) is 1.87. The number of nitrogens with one attached hydrogen (secondary N) is 1. The van der Waals surface area contributed by atoms with E-state index < -0.39 is 0 Å². The Balaban J connectivity index is 2.24. The summed E-state index contributed by atoms with van der Waals surface area (Å²) in [6.07, 6.45) is 1.83. The van der Waals surface area contributed by atoms with Crippen LogP contribution < -0.4 is 5.32 Å². The van der Waals surface area contributed by atoms with Gasteiger partial charge in [-0.1, -0.05) is 0 Å². The van der Waals surface area contributed by atoms with Crippen LogP contribution in [0, 0.1) is 6.92 Å². The number of carbonyl (C=O) groups is 2. The van der Waals surface area contributed by atoms with E-state index in [1.807, 2.05) is 18.5 Å². The first-order chi connectivity index (χ1) is 10.8. The summed E-state index contributed by atoms with van der Waals surface area (Å²) < 4.78 is 6.42. The normalized spacial score (nSPS) is 12.4. The summed E-state index contributed by atoms with van der Waals surface area (Å²) in [6.45, 7) is 7.60. The third-order valence-corrected chi connectivity index (χ3v) is 3.57. The van der Waals surface area contributed by atoms with Gasteiger partial charge in [-0.25, -0.2) is 9.67 Å². The lowest BCUT2D eigenvalue weighted by atomic mass is 10.1. The van der Waals surface area contributed by atoms with Gasteiger partial charge >= 0.3 is 5.97 Å². The van der Waals surface area contributed by atoms with Gasteiger partial charge in [0.25, 0.3) is 5.91 Å². The minimum atomic E-state index is -0.360. The second-order valence-electron chi connectivity index (χ2n) is 5.87. The molecule has 7 nitrogen and oxygen atoms in total. The van der Waals surface area contributed by atoms with E-state index in [4.69, 9.17) is 0 Å². The van der Waals surface area contributed by atoms with Gasteiger partial charge in [0.2, 0.25) is 0 Å². The molecule has 0 spiro atoms. The quantitative estimate of drug-likeness (QED) is 0.852. The lowest BCUT2D eigenvalue weighted by molar-refractivity contribution is -0.141. The number of rotatable bonds is 5. The zero-order chi connectivity index (χ0) is 17.1. The molecule has 1 unspecified atom stereocenters. The van der Waals surface area contributed by atoms with E-state index in [0.29, 0.717) is 11.3 Å². The number of aryl methyl sites for hydroxylation is 1. The first-order valence-corrected chi connectivity index (χ1v) is 7.56. The van der Waals surface area contributed by atoms with Gasteiger partial charge < -0.3 is 10.1 Å². The Kier molecular flexibility index (Phi) is 4.98. The van der Waals surface area contributed by atoms with E-state index in [-0.39, 0.29) is 30.4 Å². The molecular weight excluding hydrogens is 296 g/mol. The Morgan fingerprint density at radius 3 is 2.65 bits per heavy atom. The van der Waals surface area contributed by atoms with E-state index in [1.54, 1.807) is 26.1 Å². The summed E-state index contributed by atoms with van der Waals surface area (Å²) in [5, 5.41) is 7.91. The number of carbonyl (C=O) groups excluding carboxylic acids is 2. The van der Waals surface area contributed by atoms with Crippen molar-refractivity contribution in [3.8, 4) is 0 Å². The number of aromatic nitrogens is 3. The smallest absolute Gasteiger partial charge is 0.307 e. The zero-order valence-corrected chi connectivity index (χ0v) is 14.1. The lowest BCUT2D eigenvalue weighted by Gasteiger charge is -2.14.